The second kappa shape index (κ2) is 8.32. The van der Waals surface area contributed by atoms with E-state index in [9.17, 15) is 14.7 Å². The van der Waals surface area contributed by atoms with Crippen LogP contribution in [0.1, 0.15) is 24.8 Å². The molecule has 0 saturated carbocycles. The van der Waals surface area contributed by atoms with Gasteiger partial charge in [0.05, 0.1) is 25.7 Å². The van der Waals surface area contributed by atoms with Crippen molar-refractivity contribution in [3.05, 3.63) is 29.8 Å². The molecule has 3 heterocycles. The maximum Gasteiger partial charge on any atom is 0.236 e. The molecule has 3 aliphatic heterocycles. The number of nitrogens with zero attached hydrogens (tertiary/aromatic N) is 3. The molecule has 1 aromatic carbocycles. The summed E-state index contributed by atoms with van der Waals surface area (Å²) in [7, 11) is 1.86. The number of hydrogen-bond donors (Lipinski definition) is 1. The van der Waals surface area contributed by atoms with Crippen molar-refractivity contribution < 1.29 is 19.4 Å². The molecule has 1 N–H and O–H groups in total. The minimum Gasteiger partial charge on any atom is -0.508 e. The van der Waals surface area contributed by atoms with Crippen molar-refractivity contribution in [2.45, 2.75) is 31.8 Å². The van der Waals surface area contributed by atoms with Crippen LogP contribution in [-0.2, 0) is 20.7 Å². The lowest BCUT2D eigenvalue weighted by atomic mass is 9.76. The van der Waals surface area contributed by atoms with E-state index in [2.05, 4.69) is 4.90 Å². The highest BCUT2D eigenvalue weighted by atomic mass is 16.5. The lowest BCUT2D eigenvalue weighted by Crippen LogP contribution is -2.50. The van der Waals surface area contributed by atoms with Crippen LogP contribution in [0.25, 0.3) is 0 Å². The van der Waals surface area contributed by atoms with E-state index >= 15 is 0 Å². The summed E-state index contributed by atoms with van der Waals surface area (Å²) in [6.07, 6.45) is 3.54. The highest BCUT2D eigenvalue weighted by molar-refractivity contribution is 5.79. The number of ether oxygens (including phenoxy) is 1. The zero-order valence-electron chi connectivity index (χ0n) is 17.2. The number of carbonyl (C=O) groups is 2. The monoisotopic (exact) mass is 401 g/mol. The van der Waals surface area contributed by atoms with Gasteiger partial charge in [-0.3, -0.25) is 14.5 Å². The van der Waals surface area contributed by atoms with E-state index < -0.39 is 0 Å². The third kappa shape index (κ3) is 4.73. The Kier molecular flexibility index (Phi) is 5.79. The SMILES string of the molecule is CN1CCN(CC2CC3(CCN(C(=O)Cc4ccc(O)cc4)CC3)CO2)CC1=O. The summed E-state index contributed by atoms with van der Waals surface area (Å²) in [4.78, 5) is 30.5. The van der Waals surface area contributed by atoms with Gasteiger partial charge in [0.1, 0.15) is 5.75 Å². The van der Waals surface area contributed by atoms with Crippen molar-refractivity contribution in [1.82, 2.24) is 14.7 Å². The number of hydrogen-bond acceptors (Lipinski definition) is 5. The fourth-order valence-corrected chi connectivity index (χ4v) is 4.74. The van der Waals surface area contributed by atoms with Crippen LogP contribution in [0.2, 0.25) is 0 Å². The fraction of sp³-hybridized carbons (Fsp3) is 0.636. The van der Waals surface area contributed by atoms with E-state index in [1.165, 1.54) is 0 Å². The number of piperidine rings is 1. The summed E-state index contributed by atoms with van der Waals surface area (Å²) in [5.41, 5.74) is 1.11. The number of likely N-dealkylation sites (tertiary alicyclic amines) is 1. The molecule has 158 valence electrons. The Hall–Kier alpha value is -2.12. The molecule has 0 bridgehead atoms. The average Bonchev–Trinajstić information content (AvgIpc) is 3.09. The molecule has 0 radical (unpaired) electrons. The molecule has 1 unspecified atom stereocenters. The summed E-state index contributed by atoms with van der Waals surface area (Å²) in [5, 5.41) is 9.38. The standard InChI is InChI=1S/C22H31N3O4/c1-23-10-11-24(15-21(23)28)14-19-13-22(16-29-19)6-8-25(9-7-22)20(27)12-17-2-4-18(26)5-3-17/h2-5,19,26H,6-16H2,1H3. The zero-order chi connectivity index (χ0) is 20.4. The molecule has 0 aliphatic carbocycles. The smallest absolute Gasteiger partial charge is 0.236 e. The highest BCUT2D eigenvalue weighted by Gasteiger charge is 2.43. The van der Waals surface area contributed by atoms with Gasteiger partial charge in [-0.1, -0.05) is 12.1 Å². The normalized spacial score (nSPS) is 25.0. The molecule has 4 rings (SSSR count). The van der Waals surface area contributed by atoms with Gasteiger partial charge in [-0.2, -0.15) is 0 Å². The predicted molar refractivity (Wildman–Crippen MR) is 108 cm³/mol. The van der Waals surface area contributed by atoms with Crippen LogP contribution in [0.3, 0.4) is 0 Å². The second-order valence-corrected chi connectivity index (χ2v) is 8.91. The molecular formula is C22H31N3O4. The summed E-state index contributed by atoms with van der Waals surface area (Å²) >= 11 is 0. The van der Waals surface area contributed by atoms with Gasteiger partial charge in [-0.05, 0) is 42.4 Å². The van der Waals surface area contributed by atoms with Crippen LogP contribution in [0.15, 0.2) is 24.3 Å². The van der Waals surface area contributed by atoms with Crippen molar-refractivity contribution in [1.29, 1.82) is 0 Å². The first-order valence-electron chi connectivity index (χ1n) is 10.6. The molecule has 3 aliphatic rings. The average molecular weight is 402 g/mol. The van der Waals surface area contributed by atoms with E-state index in [0.717, 1.165) is 64.2 Å². The minimum absolute atomic E-state index is 0.150. The molecule has 29 heavy (non-hydrogen) atoms. The molecule has 1 spiro atoms. The van der Waals surface area contributed by atoms with E-state index in [1.54, 1.807) is 29.2 Å². The Morgan fingerprint density at radius 3 is 2.59 bits per heavy atom. The number of rotatable bonds is 4. The number of piperazine rings is 1. The number of amides is 2. The molecule has 2 amide bonds. The van der Waals surface area contributed by atoms with Gasteiger partial charge in [0.15, 0.2) is 0 Å². The van der Waals surface area contributed by atoms with Gasteiger partial charge in [0.2, 0.25) is 11.8 Å². The first-order chi connectivity index (χ1) is 13.9. The summed E-state index contributed by atoms with van der Waals surface area (Å²) in [5.74, 6) is 0.555. The lowest BCUT2D eigenvalue weighted by Gasteiger charge is -2.39. The minimum atomic E-state index is 0.150. The van der Waals surface area contributed by atoms with E-state index in [1.807, 2.05) is 11.9 Å². The number of phenolic OH excluding ortho intramolecular Hbond substituents is 1. The molecule has 7 heteroatoms. The van der Waals surface area contributed by atoms with Gasteiger partial charge in [-0.25, -0.2) is 0 Å². The second-order valence-electron chi connectivity index (χ2n) is 8.91. The molecule has 1 aromatic rings. The number of phenols is 1. The maximum atomic E-state index is 12.6. The van der Waals surface area contributed by atoms with Crippen LogP contribution in [-0.4, -0.2) is 90.6 Å². The quantitative estimate of drug-likeness (QED) is 0.818. The van der Waals surface area contributed by atoms with Gasteiger partial charge in [0, 0.05) is 39.8 Å². The maximum absolute atomic E-state index is 12.6. The van der Waals surface area contributed by atoms with Crippen LogP contribution in [0.4, 0.5) is 0 Å². The topological polar surface area (TPSA) is 73.3 Å². The lowest BCUT2D eigenvalue weighted by molar-refractivity contribution is -0.135. The molecule has 3 fully saturated rings. The van der Waals surface area contributed by atoms with Gasteiger partial charge in [-0.15, -0.1) is 0 Å². The highest BCUT2D eigenvalue weighted by Crippen LogP contribution is 2.42. The molecular weight excluding hydrogens is 370 g/mol. The van der Waals surface area contributed by atoms with Crippen LogP contribution in [0.5, 0.6) is 5.75 Å². The van der Waals surface area contributed by atoms with Crippen molar-refractivity contribution in [3.63, 3.8) is 0 Å². The fourth-order valence-electron chi connectivity index (χ4n) is 4.74. The van der Waals surface area contributed by atoms with E-state index in [-0.39, 0.29) is 29.1 Å². The molecule has 3 saturated heterocycles. The molecule has 1 atom stereocenters. The summed E-state index contributed by atoms with van der Waals surface area (Å²) in [6, 6.07) is 6.85. The number of aromatic hydroxyl groups is 1. The Bertz CT molecular complexity index is 743. The third-order valence-electron chi connectivity index (χ3n) is 6.75. The van der Waals surface area contributed by atoms with Gasteiger partial charge in [0.25, 0.3) is 0 Å². The third-order valence-corrected chi connectivity index (χ3v) is 6.75. The first kappa shape index (κ1) is 20.2. The Morgan fingerprint density at radius 2 is 1.90 bits per heavy atom. The van der Waals surface area contributed by atoms with Gasteiger partial charge < -0.3 is 19.6 Å². The number of benzene rings is 1. The van der Waals surface area contributed by atoms with Crippen molar-refractivity contribution in [3.8, 4) is 5.75 Å². The molecule has 7 nitrogen and oxygen atoms in total. The van der Waals surface area contributed by atoms with Crippen molar-refractivity contribution >= 4 is 11.8 Å². The Balaban J connectivity index is 1.24. The molecule has 0 aromatic heterocycles. The largest absolute Gasteiger partial charge is 0.508 e. The summed E-state index contributed by atoms with van der Waals surface area (Å²) < 4.78 is 6.12. The van der Waals surface area contributed by atoms with Crippen LogP contribution >= 0.6 is 0 Å². The summed E-state index contributed by atoms with van der Waals surface area (Å²) in [6.45, 7) is 5.33. The zero-order valence-corrected chi connectivity index (χ0v) is 17.2. The van der Waals surface area contributed by atoms with E-state index in [0.29, 0.717) is 13.0 Å². The van der Waals surface area contributed by atoms with E-state index in [4.69, 9.17) is 4.74 Å². The number of likely N-dealkylation sites (N-methyl/N-ethyl adjacent to an activating group) is 1. The predicted octanol–water partition coefficient (Wildman–Crippen LogP) is 1.11. The Labute approximate surface area is 172 Å². The first-order valence-corrected chi connectivity index (χ1v) is 10.6. The van der Waals surface area contributed by atoms with Crippen LogP contribution < -0.4 is 0 Å². The Morgan fingerprint density at radius 1 is 1.17 bits per heavy atom. The van der Waals surface area contributed by atoms with Crippen molar-refractivity contribution in [2.24, 2.45) is 5.41 Å². The van der Waals surface area contributed by atoms with Gasteiger partial charge >= 0.3 is 0 Å². The van der Waals surface area contributed by atoms with Crippen LogP contribution in [0, 0.1) is 5.41 Å². The van der Waals surface area contributed by atoms with Crippen molar-refractivity contribution in [2.75, 3.05) is 52.9 Å². The number of carbonyl (C=O) groups excluding carboxylic acids is 2.